The number of thiophene rings is 1. The van der Waals surface area contributed by atoms with Gasteiger partial charge in [0.25, 0.3) is 5.91 Å². The molecule has 2 aromatic rings. The third-order valence-electron chi connectivity index (χ3n) is 5.40. The Morgan fingerprint density at radius 2 is 2.12 bits per heavy atom. The largest absolute Gasteiger partial charge is 0.478 e. The molecule has 7 heteroatoms. The Balaban J connectivity index is 1.59. The van der Waals surface area contributed by atoms with Gasteiger partial charge in [0.05, 0.1) is 10.3 Å². The molecule has 0 aromatic carbocycles. The lowest BCUT2D eigenvalue weighted by Gasteiger charge is -2.49. The zero-order chi connectivity index (χ0) is 16.8. The number of carboxylic acids is 1. The first-order chi connectivity index (χ1) is 11.5. The van der Waals surface area contributed by atoms with E-state index >= 15 is 0 Å². The first kappa shape index (κ1) is 15.5. The number of carbonyl (C=O) groups excluding carboxylic acids is 1. The summed E-state index contributed by atoms with van der Waals surface area (Å²) in [5.41, 5.74) is 0.509. The molecule has 3 saturated heterocycles. The number of rotatable bonds is 3. The Kier molecular flexibility index (Phi) is 3.77. The molecule has 2 N–H and O–H groups in total. The highest BCUT2D eigenvalue weighted by molar-refractivity contribution is 7.17. The van der Waals surface area contributed by atoms with Crippen LogP contribution in [0, 0.1) is 5.92 Å². The van der Waals surface area contributed by atoms with Crippen LogP contribution in [0.15, 0.2) is 17.6 Å². The molecule has 3 fully saturated rings. The van der Waals surface area contributed by atoms with E-state index < -0.39 is 5.97 Å². The van der Waals surface area contributed by atoms with E-state index in [4.69, 9.17) is 0 Å². The number of hydrogen-bond donors (Lipinski definition) is 2. The van der Waals surface area contributed by atoms with Crippen molar-refractivity contribution in [3.05, 3.63) is 28.9 Å². The van der Waals surface area contributed by atoms with E-state index in [1.807, 2.05) is 0 Å². The van der Waals surface area contributed by atoms with Crippen LogP contribution in [0.3, 0.4) is 0 Å². The number of piperidine rings is 3. The fourth-order valence-corrected chi connectivity index (χ4v) is 4.88. The van der Waals surface area contributed by atoms with E-state index in [0.29, 0.717) is 17.3 Å². The van der Waals surface area contributed by atoms with Gasteiger partial charge in [0.15, 0.2) is 0 Å². The first-order valence-electron chi connectivity index (χ1n) is 8.20. The van der Waals surface area contributed by atoms with E-state index in [1.165, 1.54) is 11.3 Å². The molecule has 2 atom stereocenters. The number of carbonyl (C=O) groups is 2. The fraction of sp³-hybridized carbons (Fsp3) is 0.471. The summed E-state index contributed by atoms with van der Waals surface area (Å²) >= 11 is 1.33. The van der Waals surface area contributed by atoms with Crippen molar-refractivity contribution < 1.29 is 14.7 Å². The maximum absolute atomic E-state index is 12.6. The second kappa shape index (κ2) is 5.82. The Bertz CT molecular complexity index is 809. The lowest BCUT2D eigenvalue weighted by atomic mass is 9.79. The molecule has 0 unspecified atom stereocenters. The van der Waals surface area contributed by atoms with Gasteiger partial charge >= 0.3 is 5.97 Å². The maximum Gasteiger partial charge on any atom is 0.337 e. The molecule has 2 aromatic heterocycles. The van der Waals surface area contributed by atoms with Crippen LogP contribution in [-0.2, 0) is 0 Å². The summed E-state index contributed by atoms with van der Waals surface area (Å²) in [6.07, 6.45) is 3.83. The average Bonchev–Trinajstić information content (AvgIpc) is 3.01. The van der Waals surface area contributed by atoms with Crippen LogP contribution in [-0.4, -0.2) is 52.0 Å². The summed E-state index contributed by atoms with van der Waals surface area (Å²) in [7, 11) is 0. The quantitative estimate of drug-likeness (QED) is 0.891. The Morgan fingerprint density at radius 1 is 1.38 bits per heavy atom. The molecule has 0 radical (unpaired) electrons. The minimum absolute atomic E-state index is 0.138. The second-order valence-electron chi connectivity index (χ2n) is 6.63. The Morgan fingerprint density at radius 3 is 2.79 bits per heavy atom. The van der Waals surface area contributed by atoms with Gasteiger partial charge in [0.2, 0.25) is 0 Å². The zero-order valence-corrected chi connectivity index (χ0v) is 14.2. The number of amides is 1. The van der Waals surface area contributed by atoms with Crippen molar-refractivity contribution in [3.63, 3.8) is 0 Å². The number of nitrogens with one attached hydrogen (secondary N) is 1. The van der Waals surface area contributed by atoms with Crippen LogP contribution in [0.4, 0.5) is 0 Å². The highest BCUT2D eigenvalue weighted by Crippen LogP contribution is 2.32. The highest BCUT2D eigenvalue weighted by atomic mass is 32.1. The highest BCUT2D eigenvalue weighted by Gasteiger charge is 2.40. The SMILES string of the molecule is C[C@H]1[C@H](NC(=O)c2cc3c(C(=O)O)csc3cn2)C2CCN1CC2. The lowest BCUT2D eigenvalue weighted by molar-refractivity contribution is 0.0216. The van der Waals surface area contributed by atoms with Crippen LogP contribution in [0.25, 0.3) is 10.1 Å². The molecule has 3 aliphatic heterocycles. The van der Waals surface area contributed by atoms with Crippen molar-refractivity contribution >= 4 is 33.3 Å². The van der Waals surface area contributed by atoms with Gasteiger partial charge in [-0.05, 0) is 44.8 Å². The van der Waals surface area contributed by atoms with E-state index in [1.54, 1.807) is 17.6 Å². The number of nitrogens with zero attached hydrogens (tertiary/aromatic N) is 2. The fourth-order valence-electron chi connectivity index (χ4n) is 3.99. The third-order valence-corrected chi connectivity index (χ3v) is 6.33. The monoisotopic (exact) mass is 345 g/mol. The Labute approximate surface area is 143 Å². The number of pyridine rings is 1. The van der Waals surface area contributed by atoms with Gasteiger partial charge in [-0.2, -0.15) is 0 Å². The van der Waals surface area contributed by atoms with Crippen LogP contribution < -0.4 is 5.32 Å². The van der Waals surface area contributed by atoms with Gasteiger partial charge in [-0.25, -0.2) is 9.78 Å². The lowest BCUT2D eigenvalue weighted by Crippen LogP contribution is -2.62. The van der Waals surface area contributed by atoms with Gasteiger partial charge in [0.1, 0.15) is 5.69 Å². The van der Waals surface area contributed by atoms with Crippen LogP contribution >= 0.6 is 11.3 Å². The zero-order valence-electron chi connectivity index (χ0n) is 13.4. The molecule has 5 heterocycles. The van der Waals surface area contributed by atoms with Crippen LogP contribution in [0.2, 0.25) is 0 Å². The first-order valence-corrected chi connectivity index (χ1v) is 9.08. The van der Waals surface area contributed by atoms with Crippen molar-refractivity contribution in [2.45, 2.75) is 31.8 Å². The molecule has 0 spiro atoms. The summed E-state index contributed by atoms with van der Waals surface area (Å²) in [4.78, 5) is 30.6. The standard InChI is InChI=1S/C17H19N3O3S/c1-9-15(10-2-4-20(9)5-3-10)19-16(21)13-6-11-12(17(22)23)8-24-14(11)7-18-13/h6-10,15H,2-5H2,1H3,(H,19,21)(H,22,23)/t9-,15-/m0/s1. The minimum atomic E-state index is -0.982. The number of hydrogen-bond acceptors (Lipinski definition) is 5. The van der Waals surface area contributed by atoms with E-state index in [2.05, 4.69) is 22.1 Å². The molecule has 6 nitrogen and oxygen atoms in total. The van der Waals surface area contributed by atoms with Crippen LogP contribution in [0.5, 0.6) is 0 Å². The van der Waals surface area contributed by atoms with Crippen molar-refractivity contribution in [2.24, 2.45) is 5.92 Å². The van der Waals surface area contributed by atoms with Gasteiger partial charge in [-0.1, -0.05) is 0 Å². The van der Waals surface area contributed by atoms with Crippen molar-refractivity contribution in [1.82, 2.24) is 15.2 Å². The molecule has 3 aliphatic rings. The molecular formula is C17H19N3O3S. The van der Waals surface area contributed by atoms with Crippen molar-refractivity contribution in [3.8, 4) is 0 Å². The second-order valence-corrected chi connectivity index (χ2v) is 7.54. The van der Waals surface area contributed by atoms with Crippen molar-refractivity contribution in [1.29, 1.82) is 0 Å². The van der Waals surface area contributed by atoms with Gasteiger partial charge in [-0.15, -0.1) is 11.3 Å². The molecular weight excluding hydrogens is 326 g/mol. The number of aromatic carboxylic acids is 1. The summed E-state index contributed by atoms with van der Waals surface area (Å²) < 4.78 is 0.778. The number of carboxylic acid groups (broad SMARTS) is 1. The molecule has 2 bridgehead atoms. The van der Waals surface area contributed by atoms with E-state index in [-0.39, 0.29) is 23.2 Å². The summed E-state index contributed by atoms with van der Waals surface area (Å²) in [5, 5.41) is 14.6. The average molecular weight is 345 g/mol. The van der Waals surface area contributed by atoms with E-state index in [0.717, 1.165) is 30.6 Å². The van der Waals surface area contributed by atoms with Gasteiger partial charge in [0, 0.05) is 29.0 Å². The Hall–Kier alpha value is -1.99. The van der Waals surface area contributed by atoms with Gasteiger partial charge in [-0.3, -0.25) is 9.69 Å². The molecule has 0 saturated carbocycles. The van der Waals surface area contributed by atoms with E-state index in [9.17, 15) is 14.7 Å². The number of fused-ring (bicyclic) bond motifs is 4. The predicted octanol–water partition coefficient (Wildman–Crippen LogP) is 2.21. The smallest absolute Gasteiger partial charge is 0.337 e. The minimum Gasteiger partial charge on any atom is -0.478 e. The summed E-state index contributed by atoms with van der Waals surface area (Å²) in [6, 6.07) is 2.07. The summed E-state index contributed by atoms with van der Waals surface area (Å²) in [5.74, 6) is -0.678. The van der Waals surface area contributed by atoms with Gasteiger partial charge < -0.3 is 10.4 Å². The van der Waals surface area contributed by atoms with Crippen molar-refractivity contribution in [2.75, 3.05) is 13.1 Å². The molecule has 0 aliphatic carbocycles. The molecule has 1 amide bonds. The third kappa shape index (κ3) is 2.48. The summed E-state index contributed by atoms with van der Waals surface area (Å²) in [6.45, 7) is 4.38. The molecule has 24 heavy (non-hydrogen) atoms. The topological polar surface area (TPSA) is 82.5 Å². The number of aromatic nitrogens is 1. The van der Waals surface area contributed by atoms with Crippen LogP contribution in [0.1, 0.15) is 40.6 Å². The normalized spacial score (nSPS) is 28.9. The maximum atomic E-state index is 12.6. The molecule has 5 rings (SSSR count). The molecule has 126 valence electrons. The predicted molar refractivity (Wildman–Crippen MR) is 91.6 cm³/mol.